The minimum atomic E-state index is -4.45. The quantitative estimate of drug-likeness (QED) is 0.411. The maximum Gasteiger partial charge on any atom is 0.416 e. The number of aromatic nitrogens is 2. The zero-order valence-corrected chi connectivity index (χ0v) is 19.2. The van der Waals surface area contributed by atoms with Gasteiger partial charge in [0.05, 0.1) is 23.1 Å². The van der Waals surface area contributed by atoms with E-state index in [9.17, 15) is 21.6 Å². The first-order valence-corrected chi connectivity index (χ1v) is 12.0. The molecule has 0 radical (unpaired) electrons. The summed E-state index contributed by atoms with van der Waals surface area (Å²) in [5, 5.41) is 3.82. The number of hydrogen-bond donors (Lipinski definition) is 0. The van der Waals surface area contributed by atoms with E-state index in [-0.39, 0.29) is 28.2 Å². The lowest BCUT2D eigenvalue weighted by molar-refractivity contribution is -0.137. The van der Waals surface area contributed by atoms with Gasteiger partial charge in [-0.3, -0.25) is 4.90 Å². The van der Waals surface area contributed by atoms with E-state index in [1.807, 2.05) is 18.9 Å². The van der Waals surface area contributed by atoms with Crippen LogP contribution in [0.5, 0.6) is 5.75 Å². The van der Waals surface area contributed by atoms with E-state index in [0.29, 0.717) is 25.3 Å². The number of hydrogen-bond acceptors (Lipinski definition) is 7. The second kappa shape index (κ2) is 9.92. The van der Waals surface area contributed by atoms with Crippen molar-refractivity contribution in [2.24, 2.45) is 0 Å². The Balaban J connectivity index is 1.55. The highest BCUT2D eigenvalue weighted by Gasteiger charge is 2.31. The topological polar surface area (TPSA) is 85.5 Å². The molecule has 1 heterocycles. The Morgan fingerprint density at radius 1 is 1.15 bits per heavy atom. The normalized spacial score (nSPS) is 13.3. The van der Waals surface area contributed by atoms with Crippen LogP contribution in [0.2, 0.25) is 0 Å². The van der Waals surface area contributed by atoms with Crippen LogP contribution in [0.15, 0.2) is 57.9 Å². The zero-order valence-electron chi connectivity index (χ0n) is 18.3. The highest BCUT2D eigenvalue weighted by atomic mass is 32.2. The fourth-order valence-corrected chi connectivity index (χ4v) is 3.69. The van der Waals surface area contributed by atoms with Gasteiger partial charge in [-0.25, -0.2) is 8.42 Å². The molecule has 0 bridgehead atoms. The summed E-state index contributed by atoms with van der Waals surface area (Å²) in [6.45, 7) is 2.82. The van der Waals surface area contributed by atoms with E-state index in [4.69, 9.17) is 9.26 Å². The van der Waals surface area contributed by atoms with Crippen LogP contribution in [0, 0.1) is 0 Å². The van der Waals surface area contributed by atoms with Crippen molar-refractivity contribution in [1.29, 1.82) is 0 Å². The maximum absolute atomic E-state index is 12.9. The van der Waals surface area contributed by atoms with Gasteiger partial charge in [-0.2, -0.15) is 18.2 Å². The van der Waals surface area contributed by atoms with Crippen LogP contribution in [0.1, 0.15) is 30.8 Å². The number of benzene rings is 2. The van der Waals surface area contributed by atoms with Crippen LogP contribution in [-0.2, 0) is 16.0 Å². The number of halogens is 3. The third kappa shape index (κ3) is 6.55. The molecule has 0 saturated carbocycles. The van der Waals surface area contributed by atoms with Crippen molar-refractivity contribution in [2.75, 3.05) is 26.5 Å². The Kier molecular flexibility index (Phi) is 7.43. The summed E-state index contributed by atoms with van der Waals surface area (Å²) in [6, 6.07) is 10.8. The smallest absolute Gasteiger partial charge is 0.416 e. The van der Waals surface area contributed by atoms with Crippen molar-refractivity contribution >= 4 is 9.84 Å². The third-order valence-corrected chi connectivity index (χ3v) is 6.18. The molecule has 3 rings (SSSR count). The summed E-state index contributed by atoms with van der Waals surface area (Å²) >= 11 is 0. The Labute approximate surface area is 190 Å². The molecule has 178 valence electrons. The summed E-state index contributed by atoms with van der Waals surface area (Å²) in [4.78, 5) is 6.40. The Hall–Kier alpha value is -2.92. The highest BCUT2D eigenvalue weighted by Crippen LogP contribution is 2.32. The van der Waals surface area contributed by atoms with Crippen LogP contribution < -0.4 is 4.74 Å². The zero-order chi connectivity index (χ0) is 24.2. The van der Waals surface area contributed by atoms with E-state index in [0.717, 1.165) is 18.4 Å². The van der Waals surface area contributed by atoms with Crippen molar-refractivity contribution < 1.29 is 30.8 Å². The fourth-order valence-electron chi connectivity index (χ4n) is 3.04. The summed E-state index contributed by atoms with van der Waals surface area (Å²) in [5.74, 6) is 0.841. The molecule has 0 N–H and O–H groups in total. The molecule has 2 aromatic carbocycles. The Bertz CT molecular complexity index is 1200. The first-order valence-electron chi connectivity index (χ1n) is 10.1. The van der Waals surface area contributed by atoms with Crippen molar-refractivity contribution in [3.05, 3.63) is 60.0 Å². The van der Waals surface area contributed by atoms with Crippen LogP contribution in [-0.4, -0.2) is 49.9 Å². The lowest BCUT2D eigenvalue weighted by Crippen LogP contribution is -2.25. The highest BCUT2D eigenvalue weighted by molar-refractivity contribution is 7.90. The van der Waals surface area contributed by atoms with Crippen molar-refractivity contribution in [3.8, 4) is 17.1 Å². The molecule has 0 aliphatic heterocycles. The Morgan fingerprint density at radius 3 is 2.58 bits per heavy atom. The largest absolute Gasteiger partial charge is 0.494 e. The molecule has 11 heteroatoms. The summed E-state index contributed by atoms with van der Waals surface area (Å²) < 4.78 is 73.0. The standard InChI is InChI=1S/C22H24F3N3O4S/c1-15(21-26-20(27-32-21)16-7-4-8-17(13-16)22(23,24)25)28(2)11-6-12-31-18-9-5-10-19(14-18)33(3,29)30/h4-5,7-10,13-15H,6,11-12H2,1-3H3. The molecule has 0 saturated heterocycles. The molecule has 0 fully saturated rings. The molecule has 0 spiro atoms. The van der Waals surface area contributed by atoms with E-state index in [2.05, 4.69) is 10.1 Å². The number of alkyl halides is 3. The van der Waals surface area contributed by atoms with Crippen LogP contribution in [0.3, 0.4) is 0 Å². The van der Waals surface area contributed by atoms with Gasteiger partial charge in [-0.05, 0) is 50.7 Å². The number of nitrogens with zero attached hydrogens (tertiary/aromatic N) is 3. The predicted octanol–water partition coefficient (Wildman–Crippen LogP) is 4.62. The van der Waals surface area contributed by atoms with Crippen molar-refractivity contribution in [1.82, 2.24) is 15.0 Å². The molecule has 1 unspecified atom stereocenters. The predicted molar refractivity (Wildman–Crippen MR) is 115 cm³/mol. The molecule has 7 nitrogen and oxygen atoms in total. The first kappa shape index (κ1) is 24.7. The van der Waals surface area contributed by atoms with E-state index >= 15 is 0 Å². The summed E-state index contributed by atoms with van der Waals surface area (Å²) in [5.41, 5.74) is -0.557. The molecule has 3 aromatic rings. The lowest BCUT2D eigenvalue weighted by Gasteiger charge is -2.21. The lowest BCUT2D eigenvalue weighted by atomic mass is 10.1. The molecule has 1 aromatic heterocycles. The van der Waals surface area contributed by atoms with Crippen molar-refractivity contribution in [3.63, 3.8) is 0 Å². The molecule has 1 atom stereocenters. The molecule has 0 amide bonds. The van der Waals surface area contributed by atoms with Gasteiger partial charge in [-0.1, -0.05) is 23.4 Å². The monoisotopic (exact) mass is 483 g/mol. The van der Waals surface area contributed by atoms with Gasteiger partial charge in [0, 0.05) is 18.4 Å². The molecular formula is C22H24F3N3O4S. The summed E-state index contributed by atoms with van der Waals surface area (Å²) in [6.07, 6.45) is -2.68. The van der Waals surface area contributed by atoms with Gasteiger partial charge in [0.2, 0.25) is 11.7 Å². The van der Waals surface area contributed by atoms with Crippen LogP contribution in [0.25, 0.3) is 11.4 Å². The number of sulfone groups is 1. The minimum Gasteiger partial charge on any atom is -0.494 e. The molecule has 33 heavy (non-hydrogen) atoms. The van der Waals surface area contributed by atoms with Gasteiger partial charge in [-0.15, -0.1) is 0 Å². The SMILES string of the molecule is CC(c1nc(-c2cccc(C(F)(F)F)c2)no1)N(C)CCCOc1cccc(S(C)(=O)=O)c1. The minimum absolute atomic E-state index is 0.0884. The van der Waals surface area contributed by atoms with Gasteiger partial charge < -0.3 is 9.26 Å². The van der Waals surface area contributed by atoms with E-state index in [1.165, 1.54) is 24.3 Å². The Morgan fingerprint density at radius 2 is 1.88 bits per heavy atom. The second-order valence-corrected chi connectivity index (χ2v) is 9.66. The van der Waals surface area contributed by atoms with Gasteiger partial charge in [0.1, 0.15) is 5.75 Å². The average molecular weight is 484 g/mol. The molecular weight excluding hydrogens is 459 g/mol. The average Bonchev–Trinajstić information content (AvgIpc) is 3.25. The van der Waals surface area contributed by atoms with Gasteiger partial charge in [0.25, 0.3) is 0 Å². The van der Waals surface area contributed by atoms with E-state index < -0.39 is 21.6 Å². The first-order chi connectivity index (χ1) is 15.4. The third-order valence-electron chi connectivity index (χ3n) is 5.07. The molecule has 0 aliphatic carbocycles. The number of rotatable bonds is 9. The summed E-state index contributed by atoms with van der Waals surface area (Å²) in [7, 11) is -1.46. The molecule has 0 aliphatic rings. The van der Waals surface area contributed by atoms with E-state index in [1.54, 1.807) is 12.1 Å². The van der Waals surface area contributed by atoms with Crippen LogP contribution >= 0.6 is 0 Å². The number of ether oxygens (including phenoxy) is 1. The second-order valence-electron chi connectivity index (χ2n) is 7.64. The van der Waals surface area contributed by atoms with Gasteiger partial charge in [0.15, 0.2) is 9.84 Å². The fraction of sp³-hybridized carbons (Fsp3) is 0.364. The van der Waals surface area contributed by atoms with Crippen LogP contribution in [0.4, 0.5) is 13.2 Å². The van der Waals surface area contributed by atoms with Gasteiger partial charge >= 0.3 is 6.18 Å². The maximum atomic E-state index is 12.9. The van der Waals surface area contributed by atoms with Crippen molar-refractivity contribution in [2.45, 2.75) is 30.5 Å².